The largest absolute Gasteiger partial charge is 0.465 e. The molecule has 3 aromatic heterocycles. The number of aryl methyl sites for hydroxylation is 2. The van der Waals surface area contributed by atoms with Crippen molar-refractivity contribution in [1.29, 1.82) is 5.26 Å². The summed E-state index contributed by atoms with van der Waals surface area (Å²) in [5, 5.41) is 30.6. The maximum absolute atomic E-state index is 13.1. The molecule has 36 heavy (non-hydrogen) atoms. The van der Waals surface area contributed by atoms with Gasteiger partial charge in [0.15, 0.2) is 10.1 Å². The van der Waals surface area contributed by atoms with Gasteiger partial charge in [-0.1, -0.05) is 34.4 Å². The van der Waals surface area contributed by atoms with E-state index in [9.17, 15) is 14.9 Å². The number of ketones is 1. The summed E-state index contributed by atoms with van der Waals surface area (Å²) in [4.78, 5) is 27.0. The molecule has 3 aromatic rings. The molecule has 3 N–H and O–H groups in total. The number of nitrogens with zero attached hydrogens (tertiary/aromatic N) is 6. The fourth-order valence-electron chi connectivity index (χ4n) is 4.18. The zero-order chi connectivity index (χ0) is 25.4. The van der Waals surface area contributed by atoms with Gasteiger partial charge in [-0.05, 0) is 38.8 Å². The Morgan fingerprint density at radius 3 is 2.81 bits per heavy atom. The SMILES string of the molecule is Cc1ccc(C2C(C#N)=C(N)N(c3nnc(SCC(=O)Nc4nnc(C)s4)s3)C3=C2C(=O)CCC3)o1. The van der Waals surface area contributed by atoms with Crippen molar-refractivity contribution in [3.8, 4) is 6.07 Å². The van der Waals surface area contributed by atoms with Gasteiger partial charge in [-0.15, -0.1) is 20.4 Å². The number of aromatic nitrogens is 4. The second-order valence-corrected chi connectivity index (χ2v) is 11.4. The smallest absolute Gasteiger partial charge is 0.236 e. The lowest BCUT2D eigenvalue weighted by atomic mass is 9.78. The van der Waals surface area contributed by atoms with Crippen molar-refractivity contribution in [3.05, 3.63) is 51.3 Å². The molecule has 0 saturated carbocycles. The van der Waals surface area contributed by atoms with Gasteiger partial charge in [-0.2, -0.15) is 5.26 Å². The van der Waals surface area contributed by atoms with E-state index in [4.69, 9.17) is 10.2 Å². The Morgan fingerprint density at radius 2 is 2.11 bits per heavy atom. The standard InChI is InChI=1S/C22H20N8O3S3/c1-10-6-7-15(33-10)17-12(8-23)19(24)30(13-4-3-5-14(31)18(13)17)21-28-29-22(36-21)34-9-16(32)25-20-27-26-11(2)35-20/h6-7,17H,3-5,9,24H2,1-2H3,(H,25,27,32). The monoisotopic (exact) mass is 540 g/mol. The van der Waals surface area contributed by atoms with Crippen molar-refractivity contribution < 1.29 is 14.0 Å². The summed E-state index contributed by atoms with van der Waals surface area (Å²) in [5.41, 5.74) is 7.97. The van der Waals surface area contributed by atoms with E-state index in [1.165, 1.54) is 34.4 Å². The Balaban J connectivity index is 1.42. The number of carbonyl (C=O) groups is 2. The van der Waals surface area contributed by atoms with Crippen molar-refractivity contribution in [2.24, 2.45) is 5.73 Å². The number of nitrogens with one attached hydrogen (secondary N) is 1. The lowest BCUT2D eigenvalue weighted by Gasteiger charge is -2.37. The third-order valence-electron chi connectivity index (χ3n) is 5.65. The Kier molecular flexibility index (Phi) is 6.61. The first kappa shape index (κ1) is 24.2. The molecular formula is C22H20N8O3S3. The topological polar surface area (TPSA) is 164 Å². The molecule has 11 nitrogen and oxygen atoms in total. The minimum Gasteiger partial charge on any atom is -0.465 e. The van der Waals surface area contributed by atoms with E-state index < -0.39 is 5.92 Å². The van der Waals surface area contributed by atoms with E-state index in [0.717, 1.165) is 5.01 Å². The van der Waals surface area contributed by atoms with E-state index in [0.29, 0.717) is 56.7 Å². The zero-order valence-electron chi connectivity index (χ0n) is 19.3. The molecule has 0 spiro atoms. The highest BCUT2D eigenvalue weighted by molar-refractivity contribution is 8.01. The summed E-state index contributed by atoms with van der Waals surface area (Å²) in [5.74, 6) is 0.567. The molecular weight excluding hydrogens is 520 g/mol. The minimum atomic E-state index is -0.655. The van der Waals surface area contributed by atoms with Crippen LogP contribution in [0.1, 0.15) is 41.7 Å². The minimum absolute atomic E-state index is 0.0387. The first-order chi connectivity index (χ1) is 17.4. The molecule has 1 unspecified atom stereocenters. The number of furan rings is 1. The quantitative estimate of drug-likeness (QED) is 0.439. The molecule has 0 bridgehead atoms. The van der Waals surface area contributed by atoms with Gasteiger partial charge in [0, 0.05) is 17.7 Å². The zero-order valence-corrected chi connectivity index (χ0v) is 21.7. The van der Waals surface area contributed by atoms with Gasteiger partial charge in [0.25, 0.3) is 0 Å². The van der Waals surface area contributed by atoms with Crippen molar-refractivity contribution in [2.75, 3.05) is 16.0 Å². The molecule has 0 radical (unpaired) electrons. The van der Waals surface area contributed by atoms with Crippen LogP contribution in [0, 0.1) is 25.2 Å². The molecule has 5 rings (SSSR count). The number of Topliss-reactive ketones (excluding diaryl/α,β-unsaturated/α-hetero) is 1. The molecule has 0 fully saturated rings. The number of anilines is 2. The maximum atomic E-state index is 13.1. The summed E-state index contributed by atoms with van der Waals surface area (Å²) in [6, 6.07) is 5.77. The predicted molar refractivity (Wildman–Crippen MR) is 135 cm³/mol. The van der Waals surface area contributed by atoms with E-state index in [1.807, 2.05) is 13.8 Å². The maximum Gasteiger partial charge on any atom is 0.236 e. The van der Waals surface area contributed by atoms with E-state index in [2.05, 4.69) is 31.8 Å². The van der Waals surface area contributed by atoms with Crippen LogP contribution in [0.4, 0.5) is 10.3 Å². The molecule has 1 atom stereocenters. The van der Waals surface area contributed by atoms with Crippen molar-refractivity contribution in [3.63, 3.8) is 0 Å². The van der Waals surface area contributed by atoms with Crippen LogP contribution in [-0.2, 0) is 9.59 Å². The summed E-state index contributed by atoms with van der Waals surface area (Å²) >= 11 is 3.75. The number of thioether (sulfide) groups is 1. The number of hydrogen-bond donors (Lipinski definition) is 2. The van der Waals surface area contributed by atoms with Crippen LogP contribution in [0.5, 0.6) is 0 Å². The van der Waals surface area contributed by atoms with Crippen LogP contribution >= 0.6 is 34.4 Å². The molecule has 0 saturated heterocycles. The van der Waals surface area contributed by atoms with E-state index >= 15 is 0 Å². The third-order valence-corrected chi connectivity index (χ3v) is 8.44. The molecule has 1 aliphatic heterocycles. The fourth-order valence-corrected chi connectivity index (χ4v) is 6.47. The summed E-state index contributed by atoms with van der Waals surface area (Å²) < 4.78 is 6.37. The Hall–Kier alpha value is -3.54. The Morgan fingerprint density at radius 1 is 1.28 bits per heavy atom. The van der Waals surface area contributed by atoms with Gasteiger partial charge < -0.3 is 10.2 Å². The molecule has 1 aliphatic carbocycles. The van der Waals surface area contributed by atoms with Crippen molar-refractivity contribution >= 4 is 56.4 Å². The van der Waals surface area contributed by atoms with Crippen LogP contribution in [0.15, 0.2) is 43.6 Å². The van der Waals surface area contributed by atoms with Crippen LogP contribution < -0.4 is 16.0 Å². The van der Waals surface area contributed by atoms with Crippen molar-refractivity contribution in [2.45, 2.75) is 43.4 Å². The van der Waals surface area contributed by atoms with E-state index in [1.54, 1.807) is 17.0 Å². The predicted octanol–water partition coefficient (Wildman–Crippen LogP) is 3.64. The number of nitrogens with two attached hydrogens (primary N) is 1. The van der Waals surface area contributed by atoms with Gasteiger partial charge in [0.1, 0.15) is 22.3 Å². The highest BCUT2D eigenvalue weighted by Crippen LogP contribution is 2.47. The van der Waals surface area contributed by atoms with Gasteiger partial charge in [0.05, 0.1) is 23.3 Å². The average Bonchev–Trinajstić information content (AvgIpc) is 3.59. The number of allylic oxidation sites excluding steroid dienone is 3. The van der Waals surface area contributed by atoms with Crippen molar-refractivity contribution in [1.82, 2.24) is 20.4 Å². The normalized spacial score (nSPS) is 17.9. The summed E-state index contributed by atoms with van der Waals surface area (Å²) in [6.45, 7) is 3.62. The molecule has 2 aliphatic rings. The number of carbonyl (C=O) groups excluding carboxylic acids is 2. The van der Waals surface area contributed by atoms with Gasteiger partial charge in [-0.3, -0.25) is 19.8 Å². The first-order valence-electron chi connectivity index (χ1n) is 10.9. The van der Waals surface area contributed by atoms with Crippen LogP contribution in [0.25, 0.3) is 0 Å². The second-order valence-electron chi connectivity index (χ2n) is 8.08. The van der Waals surface area contributed by atoms with E-state index in [-0.39, 0.29) is 28.8 Å². The Bertz CT molecular complexity index is 1460. The third kappa shape index (κ3) is 4.52. The molecule has 14 heteroatoms. The second kappa shape index (κ2) is 9.84. The Labute approximate surface area is 218 Å². The summed E-state index contributed by atoms with van der Waals surface area (Å²) in [6.07, 6.45) is 1.66. The number of rotatable bonds is 6. The average molecular weight is 541 g/mol. The molecule has 184 valence electrons. The molecule has 0 aromatic carbocycles. The lowest BCUT2D eigenvalue weighted by Crippen LogP contribution is -2.38. The molecule has 1 amide bonds. The van der Waals surface area contributed by atoms with Crippen LogP contribution in [-0.4, -0.2) is 37.8 Å². The van der Waals surface area contributed by atoms with Gasteiger partial charge in [0.2, 0.25) is 16.2 Å². The summed E-state index contributed by atoms with van der Waals surface area (Å²) in [7, 11) is 0. The number of amides is 1. The molecule has 4 heterocycles. The van der Waals surface area contributed by atoms with Gasteiger partial charge >= 0.3 is 0 Å². The highest BCUT2D eigenvalue weighted by Gasteiger charge is 2.42. The van der Waals surface area contributed by atoms with Crippen LogP contribution in [0.2, 0.25) is 0 Å². The first-order valence-corrected chi connectivity index (χ1v) is 13.6. The highest BCUT2D eigenvalue weighted by atomic mass is 32.2. The number of hydrogen-bond acceptors (Lipinski definition) is 13. The van der Waals surface area contributed by atoms with Crippen LogP contribution in [0.3, 0.4) is 0 Å². The fraction of sp³-hybridized carbons (Fsp3) is 0.318. The lowest BCUT2D eigenvalue weighted by molar-refractivity contribution is -0.116. The number of nitriles is 1. The van der Waals surface area contributed by atoms with Gasteiger partial charge in [-0.25, -0.2) is 0 Å².